The molecule has 0 aliphatic rings. The van der Waals surface area contributed by atoms with Crippen molar-refractivity contribution in [2.75, 3.05) is 6.54 Å². The van der Waals surface area contributed by atoms with Crippen LogP contribution in [0.5, 0.6) is 5.75 Å². The first-order chi connectivity index (χ1) is 9.08. The van der Waals surface area contributed by atoms with E-state index in [2.05, 4.69) is 49.9 Å². The van der Waals surface area contributed by atoms with Gasteiger partial charge in [-0.25, -0.2) is 9.97 Å². The van der Waals surface area contributed by atoms with E-state index in [1.165, 1.54) is 0 Å². The van der Waals surface area contributed by atoms with Gasteiger partial charge >= 0.3 is 0 Å². The lowest BCUT2D eigenvalue weighted by Gasteiger charge is -2.17. The SMILES string of the molecule is CCCC(C)Oc1cnc(C(C)C)nc1CNCC. The summed E-state index contributed by atoms with van der Waals surface area (Å²) in [6.07, 6.45) is 4.20. The quantitative estimate of drug-likeness (QED) is 0.783. The number of aromatic nitrogens is 2. The van der Waals surface area contributed by atoms with Crippen LogP contribution in [0.25, 0.3) is 0 Å². The first-order valence-electron chi connectivity index (χ1n) is 7.31. The molecule has 4 nitrogen and oxygen atoms in total. The molecule has 1 rings (SSSR count). The van der Waals surface area contributed by atoms with Crippen LogP contribution in [0, 0.1) is 0 Å². The predicted octanol–water partition coefficient (Wildman–Crippen LogP) is 3.28. The van der Waals surface area contributed by atoms with E-state index in [4.69, 9.17) is 4.74 Å². The molecule has 1 unspecified atom stereocenters. The fourth-order valence-electron chi connectivity index (χ4n) is 1.85. The number of nitrogens with one attached hydrogen (secondary N) is 1. The van der Waals surface area contributed by atoms with Gasteiger partial charge in [-0.15, -0.1) is 0 Å². The number of nitrogens with zero attached hydrogens (tertiary/aromatic N) is 2. The molecule has 0 saturated carbocycles. The van der Waals surface area contributed by atoms with E-state index in [9.17, 15) is 0 Å². The second-order valence-electron chi connectivity index (χ2n) is 5.19. The molecule has 108 valence electrons. The molecular formula is C15H27N3O. The van der Waals surface area contributed by atoms with E-state index in [1.54, 1.807) is 0 Å². The van der Waals surface area contributed by atoms with Gasteiger partial charge in [0.15, 0.2) is 5.75 Å². The highest BCUT2D eigenvalue weighted by Crippen LogP contribution is 2.20. The zero-order chi connectivity index (χ0) is 14.3. The average molecular weight is 265 g/mol. The zero-order valence-electron chi connectivity index (χ0n) is 12.9. The summed E-state index contributed by atoms with van der Waals surface area (Å²) in [5, 5.41) is 3.31. The summed E-state index contributed by atoms with van der Waals surface area (Å²) in [6.45, 7) is 12.2. The van der Waals surface area contributed by atoms with Crippen LogP contribution in [0.2, 0.25) is 0 Å². The molecular weight excluding hydrogens is 238 g/mol. The van der Waals surface area contributed by atoms with Crippen molar-refractivity contribution < 1.29 is 4.74 Å². The minimum absolute atomic E-state index is 0.207. The molecule has 0 fully saturated rings. The van der Waals surface area contributed by atoms with Gasteiger partial charge in [-0.05, 0) is 19.9 Å². The summed E-state index contributed by atoms with van der Waals surface area (Å²) < 4.78 is 5.95. The fraction of sp³-hybridized carbons (Fsp3) is 0.733. The Morgan fingerprint density at radius 1 is 1.26 bits per heavy atom. The maximum atomic E-state index is 5.95. The third-order valence-corrected chi connectivity index (χ3v) is 2.93. The largest absolute Gasteiger partial charge is 0.487 e. The number of hydrogen-bond acceptors (Lipinski definition) is 4. The average Bonchev–Trinajstić information content (AvgIpc) is 2.37. The monoisotopic (exact) mass is 265 g/mol. The van der Waals surface area contributed by atoms with Crippen LogP contribution < -0.4 is 10.1 Å². The summed E-state index contributed by atoms with van der Waals surface area (Å²) in [5.74, 6) is 2.03. The molecule has 1 aromatic rings. The molecule has 0 radical (unpaired) electrons. The van der Waals surface area contributed by atoms with Crippen LogP contribution in [-0.2, 0) is 6.54 Å². The second kappa shape index (κ2) is 8.10. The van der Waals surface area contributed by atoms with Crippen LogP contribution in [0.1, 0.15) is 64.9 Å². The lowest BCUT2D eigenvalue weighted by Crippen LogP contribution is -2.18. The van der Waals surface area contributed by atoms with Gasteiger partial charge in [-0.1, -0.05) is 34.1 Å². The lowest BCUT2D eigenvalue weighted by atomic mass is 10.2. The van der Waals surface area contributed by atoms with Gasteiger partial charge in [0.05, 0.1) is 18.0 Å². The standard InChI is InChI=1S/C15H27N3O/c1-6-8-12(5)19-14-10-17-15(11(3)4)18-13(14)9-16-7-2/h10-12,16H,6-9H2,1-5H3. The molecule has 4 heteroatoms. The summed E-state index contributed by atoms with van der Waals surface area (Å²) >= 11 is 0. The molecule has 0 amide bonds. The van der Waals surface area contributed by atoms with Crippen molar-refractivity contribution in [2.45, 2.75) is 66.0 Å². The van der Waals surface area contributed by atoms with Crippen LogP contribution >= 0.6 is 0 Å². The fourth-order valence-corrected chi connectivity index (χ4v) is 1.85. The van der Waals surface area contributed by atoms with Crippen molar-refractivity contribution >= 4 is 0 Å². The van der Waals surface area contributed by atoms with E-state index < -0.39 is 0 Å². The summed E-state index contributed by atoms with van der Waals surface area (Å²) in [6, 6.07) is 0. The molecule has 19 heavy (non-hydrogen) atoms. The van der Waals surface area contributed by atoms with E-state index in [-0.39, 0.29) is 6.10 Å². The van der Waals surface area contributed by atoms with Crippen molar-refractivity contribution in [3.8, 4) is 5.75 Å². The molecule has 0 spiro atoms. The Bertz CT molecular complexity index is 380. The minimum atomic E-state index is 0.207. The zero-order valence-corrected chi connectivity index (χ0v) is 12.9. The van der Waals surface area contributed by atoms with E-state index in [0.717, 1.165) is 43.2 Å². The highest BCUT2D eigenvalue weighted by molar-refractivity contribution is 5.25. The Balaban J connectivity index is 2.88. The van der Waals surface area contributed by atoms with Crippen molar-refractivity contribution in [3.63, 3.8) is 0 Å². The van der Waals surface area contributed by atoms with Crippen LogP contribution in [0.3, 0.4) is 0 Å². The molecule has 1 aromatic heterocycles. The first-order valence-corrected chi connectivity index (χ1v) is 7.31. The summed E-state index contributed by atoms with van der Waals surface area (Å²) in [4.78, 5) is 9.02. The number of rotatable bonds is 8. The third-order valence-electron chi connectivity index (χ3n) is 2.93. The first kappa shape index (κ1) is 15.9. The number of hydrogen-bond donors (Lipinski definition) is 1. The molecule has 0 aromatic carbocycles. The van der Waals surface area contributed by atoms with Crippen LogP contribution in [-0.4, -0.2) is 22.6 Å². The van der Waals surface area contributed by atoms with Crippen molar-refractivity contribution in [1.29, 1.82) is 0 Å². The van der Waals surface area contributed by atoms with Gasteiger partial charge < -0.3 is 10.1 Å². The lowest BCUT2D eigenvalue weighted by molar-refractivity contribution is 0.205. The van der Waals surface area contributed by atoms with E-state index in [0.29, 0.717) is 5.92 Å². The second-order valence-corrected chi connectivity index (χ2v) is 5.19. The van der Waals surface area contributed by atoms with Crippen molar-refractivity contribution in [1.82, 2.24) is 15.3 Å². The highest BCUT2D eigenvalue weighted by atomic mass is 16.5. The molecule has 1 atom stereocenters. The van der Waals surface area contributed by atoms with E-state index in [1.807, 2.05) is 6.20 Å². The summed E-state index contributed by atoms with van der Waals surface area (Å²) in [5.41, 5.74) is 0.962. The predicted molar refractivity (Wildman–Crippen MR) is 78.5 cm³/mol. The van der Waals surface area contributed by atoms with Crippen molar-refractivity contribution in [2.24, 2.45) is 0 Å². The Morgan fingerprint density at radius 3 is 2.58 bits per heavy atom. The van der Waals surface area contributed by atoms with Crippen molar-refractivity contribution in [3.05, 3.63) is 17.7 Å². The molecule has 0 bridgehead atoms. The Kier molecular flexibility index (Phi) is 6.78. The van der Waals surface area contributed by atoms with Gasteiger partial charge in [0, 0.05) is 12.5 Å². The Morgan fingerprint density at radius 2 is 2.00 bits per heavy atom. The molecule has 0 aliphatic heterocycles. The minimum Gasteiger partial charge on any atom is -0.487 e. The maximum Gasteiger partial charge on any atom is 0.160 e. The smallest absolute Gasteiger partial charge is 0.160 e. The van der Waals surface area contributed by atoms with Crippen LogP contribution in [0.4, 0.5) is 0 Å². The summed E-state index contributed by atoms with van der Waals surface area (Å²) in [7, 11) is 0. The maximum absolute atomic E-state index is 5.95. The van der Waals surface area contributed by atoms with Gasteiger partial charge in [-0.3, -0.25) is 0 Å². The molecule has 0 aliphatic carbocycles. The van der Waals surface area contributed by atoms with Gasteiger partial charge in [-0.2, -0.15) is 0 Å². The van der Waals surface area contributed by atoms with Gasteiger partial charge in [0.1, 0.15) is 5.82 Å². The Labute approximate surface area is 117 Å². The molecule has 1 heterocycles. The van der Waals surface area contributed by atoms with Gasteiger partial charge in [0.2, 0.25) is 0 Å². The molecule has 0 saturated heterocycles. The number of ether oxygens (including phenoxy) is 1. The topological polar surface area (TPSA) is 47.0 Å². The normalized spacial score (nSPS) is 12.7. The van der Waals surface area contributed by atoms with Gasteiger partial charge in [0.25, 0.3) is 0 Å². The van der Waals surface area contributed by atoms with E-state index >= 15 is 0 Å². The highest BCUT2D eigenvalue weighted by Gasteiger charge is 2.12. The Hall–Kier alpha value is -1.16. The third kappa shape index (κ3) is 5.15. The van der Waals surface area contributed by atoms with Crippen LogP contribution in [0.15, 0.2) is 6.20 Å². The molecule has 1 N–H and O–H groups in total.